The molecule has 0 atom stereocenters. The molecule has 0 bridgehead atoms. The number of hydrogen-bond donors (Lipinski definition) is 1. The molecule has 6 nitrogen and oxygen atoms in total. The van der Waals surface area contributed by atoms with Crippen LogP contribution in [0, 0.1) is 5.82 Å². The third-order valence-corrected chi connectivity index (χ3v) is 2.56. The van der Waals surface area contributed by atoms with Crippen LogP contribution in [0.3, 0.4) is 0 Å². The zero-order valence-electron chi connectivity index (χ0n) is 9.29. The summed E-state index contributed by atoms with van der Waals surface area (Å²) < 4.78 is 15.4. The van der Waals surface area contributed by atoms with Gasteiger partial charge in [-0.3, -0.25) is 4.98 Å². The van der Waals surface area contributed by atoms with Crippen LogP contribution in [0.2, 0.25) is 0 Å². The molecular formula is C11H9FN6. The Kier molecular flexibility index (Phi) is 2.45. The Balaban J connectivity index is 2.25. The highest BCUT2D eigenvalue weighted by Crippen LogP contribution is 2.18. The molecule has 1 aromatic carbocycles. The van der Waals surface area contributed by atoms with Gasteiger partial charge in [-0.25, -0.2) is 19.0 Å². The van der Waals surface area contributed by atoms with E-state index in [9.17, 15) is 4.39 Å². The minimum Gasteiger partial charge on any atom is -0.324 e. The van der Waals surface area contributed by atoms with E-state index in [2.05, 4.69) is 20.1 Å². The summed E-state index contributed by atoms with van der Waals surface area (Å²) >= 11 is 0. The number of fused-ring (bicyclic) bond motifs is 1. The molecule has 90 valence electrons. The van der Waals surface area contributed by atoms with Crippen LogP contribution in [-0.4, -0.2) is 24.7 Å². The number of benzene rings is 1. The van der Waals surface area contributed by atoms with Crippen molar-refractivity contribution in [2.75, 3.05) is 0 Å². The van der Waals surface area contributed by atoms with Gasteiger partial charge in [0, 0.05) is 18.5 Å². The van der Waals surface area contributed by atoms with Crippen molar-refractivity contribution in [3.05, 3.63) is 42.5 Å². The smallest absolute Gasteiger partial charge is 0.153 e. The molecule has 7 heteroatoms. The quantitative estimate of drug-likeness (QED) is 0.721. The highest BCUT2D eigenvalue weighted by atomic mass is 19.1. The molecule has 0 radical (unpaired) electrons. The Hall–Kier alpha value is -2.41. The molecule has 0 saturated carbocycles. The van der Waals surface area contributed by atoms with Crippen LogP contribution in [0.25, 0.3) is 16.7 Å². The highest BCUT2D eigenvalue weighted by molar-refractivity contribution is 5.77. The predicted molar refractivity (Wildman–Crippen MR) is 62.3 cm³/mol. The molecule has 0 aliphatic heterocycles. The van der Waals surface area contributed by atoms with Crippen molar-refractivity contribution in [2.45, 2.75) is 6.54 Å². The SMILES string of the molecule is NCc1ncnn1-c1cc(F)c2nccnc2c1. The standard InChI is InChI=1S/C11H9FN6/c12-8-3-7(18-10(5-13)16-6-17-18)4-9-11(8)15-2-1-14-9/h1-4,6H,5,13H2. The molecule has 0 fully saturated rings. The Morgan fingerprint density at radius 1 is 1.17 bits per heavy atom. The maximum Gasteiger partial charge on any atom is 0.153 e. The molecule has 2 aromatic heterocycles. The Labute approximate surface area is 101 Å². The van der Waals surface area contributed by atoms with E-state index in [0.717, 1.165) is 0 Å². The van der Waals surface area contributed by atoms with Gasteiger partial charge in [-0.2, -0.15) is 5.10 Å². The third-order valence-electron chi connectivity index (χ3n) is 2.56. The van der Waals surface area contributed by atoms with Crippen molar-refractivity contribution in [3.8, 4) is 5.69 Å². The monoisotopic (exact) mass is 244 g/mol. The summed E-state index contributed by atoms with van der Waals surface area (Å²) in [6.45, 7) is 0.222. The van der Waals surface area contributed by atoms with Crippen LogP contribution in [0.4, 0.5) is 4.39 Å². The number of halogens is 1. The van der Waals surface area contributed by atoms with E-state index >= 15 is 0 Å². The highest BCUT2D eigenvalue weighted by Gasteiger charge is 2.10. The summed E-state index contributed by atoms with van der Waals surface area (Å²) in [7, 11) is 0. The van der Waals surface area contributed by atoms with E-state index < -0.39 is 5.82 Å². The van der Waals surface area contributed by atoms with Gasteiger partial charge in [0.15, 0.2) is 5.82 Å². The lowest BCUT2D eigenvalue weighted by atomic mass is 10.2. The molecule has 18 heavy (non-hydrogen) atoms. The zero-order chi connectivity index (χ0) is 12.5. The van der Waals surface area contributed by atoms with Crippen LogP contribution in [0.5, 0.6) is 0 Å². The van der Waals surface area contributed by atoms with Crippen molar-refractivity contribution >= 4 is 11.0 Å². The van der Waals surface area contributed by atoms with Gasteiger partial charge >= 0.3 is 0 Å². The van der Waals surface area contributed by atoms with Crippen LogP contribution < -0.4 is 5.73 Å². The average molecular weight is 244 g/mol. The van der Waals surface area contributed by atoms with E-state index in [4.69, 9.17) is 5.73 Å². The van der Waals surface area contributed by atoms with Gasteiger partial charge in [-0.05, 0) is 6.07 Å². The molecule has 0 spiro atoms. The van der Waals surface area contributed by atoms with Crippen LogP contribution in [0.1, 0.15) is 5.82 Å². The van der Waals surface area contributed by atoms with Gasteiger partial charge in [-0.15, -0.1) is 0 Å². The number of aromatic nitrogens is 5. The van der Waals surface area contributed by atoms with Crippen LogP contribution in [-0.2, 0) is 6.54 Å². The van der Waals surface area contributed by atoms with Gasteiger partial charge in [-0.1, -0.05) is 0 Å². The molecular weight excluding hydrogens is 235 g/mol. The first-order chi connectivity index (χ1) is 8.79. The maximum absolute atomic E-state index is 13.9. The summed E-state index contributed by atoms with van der Waals surface area (Å²) in [6.07, 6.45) is 4.34. The van der Waals surface area contributed by atoms with E-state index in [-0.39, 0.29) is 12.1 Å². The lowest BCUT2D eigenvalue weighted by Crippen LogP contribution is -2.08. The minimum absolute atomic E-state index is 0.222. The average Bonchev–Trinajstić information content (AvgIpc) is 2.87. The lowest BCUT2D eigenvalue weighted by molar-refractivity contribution is 0.633. The summed E-state index contributed by atoms with van der Waals surface area (Å²) in [4.78, 5) is 12.0. The van der Waals surface area contributed by atoms with E-state index in [1.807, 2.05) is 0 Å². The second-order valence-corrected chi connectivity index (χ2v) is 3.64. The molecule has 0 amide bonds. The van der Waals surface area contributed by atoms with Gasteiger partial charge in [0.1, 0.15) is 17.7 Å². The van der Waals surface area contributed by atoms with E-state index in [1.165, 1.54) is 29.5 Å². The Morgan fingerprint density at radius 2 is 2.00 bits per heavy atom. The van der Waals surface area contributed by atoms with Gasteiger partial charge in [0.25, 0.3) is 0 Å². The molecule has 2 heterocycles. The first-order valence-electron chi connectivity index (χ1n) is 5.29. The third kappa shape index (κ3) is 1.61. The van der Waals surface area contributed by atoms with Crippen molar-refractivity contribution in [2.24, 2.45) is 5.73 Å². The molecule has 0 aliphatic rings. The minimum atomic E-state index is -0.450. The summed E-state index contributed by atoms with van der Waals surface area (Å²) in [5.41, 5.74) is 6.76. The van der Waals surface area contributed by atoms with Gasteiger partial charge in [0.2, 0.25) is 0 Å². The second-order valence-electron chi connectivity index (χ2n) is 3.64. The molecule has 0 unspecified atom stereocenters. The predicted octanol–water partition coefficient (Wildman–Crippen LogP) is 0.808. The fraction of sp³-hybridized carbons (Fsp3) is 0.0909. The van der Waals surface area contributed by atoms with Crippen LogP contribution in [0.15, 0.2) is 30.9 Å². The topological polar surface area (TPSA) is 82.5 Å². The van der Waals surface area contributed by atoms with Crippen molar-refractivity contribution in [1.29, 1.82) is 0 Å². The molecule has 3 rings (SSSR count). The second kappa shape index (κ2) is 4.11. The fourth-order valence-corrected chi connectivity index (χ4v) is 1.76. The fourth-order valence-electron chi connectivity index (χ4n) is 1.76. The van der Waals surface area contributed by atoms with Gasteiger partial charge < -0.3 is 5.73 Å². The van der Waals surface area contributed by atoms with E-state index in [1.54, 1.807) is 6.07 Å². The summed E-state index contributed by atoms with van der Waals surface area (Å²) in [5.74, 6) is 0.103. The molecule has 0 saturated heterocycles. The number of nitrogens with zero attached hydrogens (tertiary/aromatic N) is 5. The molecule has 2 N–H and O–H groups in total. The maximum atomic E-state index is 13.9. The summed E-state index contributed by atoms with van der Waals surface area (Å²) in [5, 5.41) is 4.02. The first-order valence-corrected chi connectivity index (χ1v) is 5.29. The van der Waals surface area contributed by atoms with Gasteiger partial charge in [0.05, 0.1) is 17.7 Å². The number of nitrogens with two attached hydrogens (primary N) is 1. The van der Waals surface area contributed by atoms with Crippen molar-refractivity contribution < 1.29 is 4.39 Å². The molecule has 3 aromatic rings. The summed E-state index contributed by atoms with van der Waals surface area (Å²) in [6, 6.07) is 3.03. The van der Waals surface area contributed by atoms with E-state index in [0.29, 0.717) is 17.0 Å². The number of hydrogen-bond acceptors (Lipinski definition) is 5. The van der Waals surface area contributed by atoms with Crippen LogP contribution >= 0.6 is 0 Å². The zero-order valence-corrected chi connectivity index (χ0v) is 9.29. The lowest BCUT2D eigenvalue weighted by Gasteiger charge is -2.06. The van der Waals surface area contributed by atoms with Crippen molar-refractivity contribution in [1.82, 2.24) is 24.7 Å². The first kappa shape index (κ1) is 10.7. The van der Waals surface area contributed by atoms with Crippen molar-refractivity contribution in [3.63, 3.8) is 0 Å². The Bertz CT molecular complexity index is 708. The number of rotatable bonds is 2. The molecule has 0 aliphatic carbocycles. The normalized spacial score (nSPS) is 11.0. The Morgan fingerprint density at radius 3 is 2.83 bits per heavy atom. The largest absolute Gasteiger partial charge is 0.324 e.